The van der Waals surface area contributed by atoms with Crippen LogP contribution in [0.2, 0.25) is 0 Å². The zero-order valence-electron chi connectivity index (χ0n) is 11.5. The molecule has 3 heteroatoms. The van der Waals surface area contributed by atoms with Crippen molar-refractivity contribution >= 4 is 0 Å². The van der Waals surface area contributed by atoms with Crippen molar-refractivity contribution in [3.05, 3.63) is 35.4 Å². The van der Waals surface area contributed by atoms with Gasteiger partial charge in [-0.05, 0) is 41.5 Å². The Morgan fingerprint density at radius 2 is 1.72 bits per heavy atom. The van der Waals surface area contributed by atoms with Crippen molar-refractivity contribution in [1.82, 2.24) is 5.32 Å². The van der Waals surface area contributed by atoms with Gasteiger partial charge in [0.05, 0.1) is 0 Å². The number of nitrogens with one attached hydrogen (secondary N) is 1. The van der Waals surface area contributed by atoms with E-state index < -0.39 is 0 Å². The van der Waals surface area contributed by atoms with Crippen LogP contribution in [0.5, 0.6) is 0 Å². The standard InChI is InChI=1S/C15H21F2N/c1-14(2)13(15(14,3)4)9-18-8-10-7-11(16)5-6-12(10)17/h5-7,13,18H,8-9H2,1-4H3. The van der Waals surface area contributed by atoms with Crippen LogP contribution < -0.4 is 5.32 Å². The molecule has 1 nitrogen and oxygen atoms in total. The summed E-state index contributed by atoms with van der Waals surface area (Å²) in [6.45, 7) is 10.2. The van der Waals surface area contributed by atoms with E-state index in [0.29, 0.717) is 28.9 Å². The quantitative estimate of drug-likeness (QED) is 0.862. The maximum Gasteiger partial charge on any atom is 0.127 e. The van der Waals surface area contributed by atoms with Crippen LogP contribution in [0.1, 0.15) is 33.3 Å². The summed E-state index contributed by atoms with van der Waals surface area (Å²) < 4.78 is 26.4. The molecule has 0 aliphatic heterocycles. The van der Waals surface area contributed by atoms with Crippen molar-refractivity contribution in [3.63, 3.8) is 0 Å². The highest BCUT2D eigenvalue weighted by Gasteiger charge is 2.63. The predicted octanol–water partition coefficient (Wildman–Crippen LogP) is 3.74. The van der Waals surface area contributed by atoms with Gasteiger partial charge in [0.15, 0.2) is 0 Å². The van der Waals surface area contributed by atoms with Gasteiger partial charge in [-0.1, -0.05) is 27.7 Å². The molecule has 0 unspecified atom stereocenters. The van der Waals surface area contributed by atoms with Gasteiger partial charge in [-0.3, -0.25) is 0 Å². The molecule has 0 aromatic heterocycles. The zero-order valence-corrected chi connectivity index (χ0v) is 11.5. The smallest absolute Gasteiger partial charge is 0.127 e. The normalized spacial score (nSPS) is 21.0. The maximum atomic E-state index is 13.4. The molecule has 1 fully saturated rings. The molecule has 1 saturated carbocycles. The Hall–Kier alpha value is -0.960. The lowest BCUT2D eigenvalue weighted by Crippen LogP contribution is -2.19. The van der Waals surface area contributed by atoms with E-state index in [9.17, 15) is 8.78 Å². The largest absolute Gasteiger partial charge is 0.312 e. The summed E-state index contributed by atoms with van der Waals surface area (Å²) in [5.41, 5.74) is 1.03. The Morgan fingerprint density at radius 1 is 1.11 bits per heavy atom. The Kier molecular flexibility index (Phi) is 3.22. The van der Waals surface area contributed by atoms with Gasteiger partial charge in [0, 0.05) is 12.1 Å². The fourth-order valence-corrected chi connectivity index (χ4v) is 2.87. The van der Waals surface area contributed by atoms with E-state index in [4.69, 9.17) is 0 Å². The van der Waals surface area contributed by atoms with Crippen molar-refractivity contribution in [1.29, 1.82) is 0 Å². The van der Waals surface area contributed by atoms with Gasteiger partial charge in [0.2, 0.25) is 0 Å². The average molecular weight is 253 g/mol. The third-order valence-electron chi connectivity index (χ3n) is 4.99. The SMILES string of the molecule is CC1(C)C(CNCc2cc(F)ccc2F)C1(C)C. The summed E-state index contributed by atoms with van der Waals surface area (Å²) in [7, 11) is 0. The summed E-state index contributed by atoms with van der Waals surface area (Å²) in [6.07, 6.45) is 0. The Labute approximate surface area is 108 Å². The predicted molar refractivity (Wildman–Crippen MR) is 69.1 cm³/mol. The zero-order chi connectivity index (χ0) is 13.6. The highest BCUT2D eigenvalue weighted by molar-refractivity contribution is 5.19. The minimum Gasteiger partial charge on any atom is -0.312 e. The summed E-state index contributed by atoms with van der Waals surface area (Å²) in [5, 5.41) is 3.24. The Bertz CT molecular complexity index is 438. The van der Waals surface area contributed by atoms with E-state index in [-0.39, 0.29) is 11.6 Å². The molecule has 1 aromatic carbocycles. The third-order valence-corrected chi connectivity index (χ3v) is 4.99. The molecule has 0 atom stereocenters. The van der Waals surface area contributed by atoms with Crippen LogP contribution in [0.15, 0.2) is 18.2 Å². The summed E-state index contributed by atoms with van der Waals surface area (Å²) in [6, 6.07) is 3.58. The van der Waals surface area contributed by atoms with Crippen LogP contribution in [0, 0.1) is 28.4 Å². The maximum absolute atomic E-state index is 13.4. The second-order valence-electron chi connectivity index (χ2n) is 6.36. The molecule has 1 aliphatic carbocycles. The van der Waals surface area contributed by atoms with Crippen molar-refractivity contribution in [3.8, 4) is 0 Å². The van der Waals surface area contributed by atoms with Crippen LogP contribution in [0.3, 0.4) is 0 Å². The first-order valence-electron chi connectivity index (χ1n) is 6.41. The van der Waals surface area contributed by atoms with Crippen LogP contribution in [-0.4, -0.2) is 6.54 Å². The molecule has 0 bridgehead atoms. The number of rotatable bonds is 4. The minimum atomic E-state index is -0.389. The average Bonchev–Trinajstić information content (AvgIpc) is 2.65. The lowest BCUT2D eigenvalue weighted by molar-refractivity contribution is 0.457. The fourth-order valence-electron chi connectivity index (χ4n) is 2.87. The number of halogens is 2. The molecule has 2 rings (SSSR count). The molecule has 0 heterocycles. The van der Waals surface area contributed by atoms with Gasteiger partial charge in [0.1, 0.15) is 11.6 Å². The van der Waals surface area contributed by atoms with Crippen LogP contribution in [0.25, 0.3) is 0 Å². The van der Waals surface area contributed by atoms with Gasteiger partial charge >= 0.3 is 0 Å². The molecule has 1 aromatic rings. The molecule has 0 spiro atoms. The van der Waals surface area contributed by atoms with Crippen LogP contribution in [-0.2, 0) is 6.54 Å². The topological polar surface area (TPSA) is 12.0 Å². The van der Waals surface area contributed by atoms with Gasteiger partial charge in [-0.15, -0.1) is 0 Å². The molecular weight excluding hydrogens is 232 g/mol. The van der Waals surface area contributed by atoms with E-state index in [2.05, 4.69) is 33.0 Å². The second-order valence-corrected chi connectivity index (χ2v) is 6.36. The van der Waals surface area contributed by atoms with Crippen molar-refractivity contribution < 1.29 is 8.78 Å². The van der Waals surface area contributed by atoms with Gasteiger partial charge < -0.3 is 5.32 Å². The van der Waals surface area contributed by atoms with E-state index in [1.165, 1.54) is 12.1 Å². The lowest BCUT2D eigenvalue weighted by Gasteiger charge is -2.07. The van der Waals surface area contributed by atoms with E-state index in [1.54, 1.807) is 0 Å². The van der Waals surface area contributed by atoms with Crippen LogP contribution in [0.4, 0.5) is 8.78 Å². The van der Waals surface area contributed by atoms with Gasteiger partial charge in [-0.25, -0.2) is 8.78 Å². The molecule has 100 valence electrons. The first kappa shape index (κ1) is 13.5. The monoisotopic (exact) mass is 253 g/mol. The first-order chi connectivity index (χ1) is 8.26. The second kappa shape index (κ2) is 4.30. The summed E-state index contributed by atoms with van der Waals surface area (Å²) in [5.74, 6) is -0.153. The molecule has 0 radical (unpaired) electrons. The Balaban J connectivity index is 1.89. The number of hydrogen-bond donors (Lipinski definition) is 1. The van der Waals surface area contributed by atoms with E-state index in [1.807, 2.05) is 0 Å². The minimum absolute atomic E-state index is 0.320. The lowest BCUT2D eigenvalue weighted by atomic mass is 10.0. The molecular formula is C15H21F2N. The molecule has 18 heavy (non-hydrogen) atoms. The number of hydrogen-bond acceptors (Lipinski definition) is 1. The molecule has 1 N–H and O–H groups in total. The summed E-state index contributed by atoms with van der Waals surface area (Å²) >= 11 is 0. The fraction of sp³-hybridized carbons (Fsp3) is 0.600. The summed E-state index contributed by atoms with van der Waals surface area (Å²) in [4.78, 5) is 0. The third kappa shape index (κ3) is 2.16. The van der Waals surface area contributed by atoms with Crippen LogP contribution >= 0.6 is 0 Å². The van der Waals surface area contributed by atoms with E-state index in [0.717, 1.165) is 12.6 Å². The number of benzene rings is 1. The van der Waals surface area contributed by atoms with Gasteiger partial charge in [0.25, 0.3) is 0 Å². The van der Waals surface area contributed by atoms with Gasteiger partial charge in [-0.2, -0.15) is 0 Å². The highest BCUT2D eigenvalue weighted by Crippen LogP contribution is 2.67. The molecule has 0 saturated heterocycles. The first-order valence-corrected chi connectivity index (χ1v) is 6.41. The van der Waals surface area contributed by atoms with Crippen molar-refractivity contribution in [2.24, 2.45) is 16.7 Å². The Morgan fingerprint density at radius 3 is 2.28 bits per heavy atom. The van der Waals surface area contributed by atoms with E-state index >= 15 is 0 Å². The molecule has 1 aliphatic rings. The van der Waals surface area contributed by atoms with Crippen molar-refractivity contribution in [2.45, 2.75) is 34.2 Å². The van der Waals surface area contributed by atoms with Crippen molar-refractivity contribution in [2.75, 3.05) is 6.54 Å². The highest BCUT2D eigenvalue weighted by atomic mass is 19.1. The molecule has 0 amide bonds.